The van der Waals surface area contributed by atoms with Gasteiger partial charge in [0.25, 0.3) is 5.91 Å². The van der Waals surface area contributed by atoms with E-state index in [1.807, 2.05) is 12.1 Å². The predicted molar refractivity (Wildman–Crippen MR) is 128 cm³/mol. The van der Waals surface area contributed by atoms with Crippen molar-refractivity contribution in [2.45, 2.75) is 63.7 Å². The molecule has 3 aliphatic rings. The fraction of sp³-hybridized carbons (Fsp3) is 0.538. The Hall–Kier alpha value is -3.16. The molecule has 0 saturated heterocycles. The molecule has 2 heterocycles. The normalized spacial score (nSPS) is 27.1. The molecule has 180 valence electrons. The Labute approximate surface area is 199 Å². The fourth-order valence-corrected chi connectivity index (χ4v) is 6.14. The molecule has 1 spiro atoms. The summed E-state index contributed by atoms with van der Waals surface area (Å²) >= 11 is 0. The summed E-state index contributed by atoms with van der Waals surface area (Å²) in [4.78, 5) is 33.9. The van der Waals surface area contributed by atoms with Gasteiger partial charge < -0.3 is 20.5 Å². The Kier molecular flexibility index (Phi) is 6.15. The van der Waals surface area contributed by atoms with Crippen LogP contribution in [0, 0.1) is 11.3 Å². The number of carboxylic acids is 1. The molecule has 2 saturated carbocycles. The number of aromatic nitrogens is 2. The SMILES string of the molecule is Nc1ncnc2c1C(=O)N(c1ccc(C3CCC4(CCC(CC(=O)O)CC4)CC3)cc1)CCO2. The number of benzene rings is 1. The van der Waals surface area contributed by atoms with Crippen LogP contribution in [0.5, 0.6) is 5.88 Å². The number of fused-ring (bicyclic) bond motifs is 1. The first kappa shape index (κ1) is 22.6. The molecule has 2 aliphatic carbocycles. The molecule has 2 fully saturated rings. The lowest BCUT2D eigenvalue weighted by molar-refractivity contribution is -0.138. The zero-order valence-electron chi connectivity index (χ0n) is 19.4. The quantitative estimate of drug-likeness (QED) is 0.688. The number of carbonyl (C=O) groups excluding carboxylic acids is 1. The lowest BCUT2D eigenvalue weighted by Crippen LogP contribution is -2.33. The molecule has 0 radical (unpaired) electrons. The van der Waals surface area contributed by atoms with E-state index < -0.39 is 5.97 Å². The van der Waals surface area contributed by atoms with Gasteiger partial charge in [0.2, 0.25) is 5.88 Å². The maximum Gasteiger partial charge on any atom is 0.303 e. The third-order valence-corrected chi connectivity index (χ3v) is 8.21. The maximum atomic E-state index is 13.2. The van der Waals surface area contributed by atoms with Crippen LogP contribution in [-0.2, 0) is 4.79 Å². The Morgan fingerprint density at radius 2 is 1.76 bits per heavy atom. The van der Waals surface area contributed by atoms with Gasteiger partial charge in [0.1, 0.15) is 24.3 Å². The van der Waals surface area contributed by atoms with Crippen molar-refractivity contribution in [2.24, 2.45) is 11.3 Å². The Morgan fingerprint density at radius 1 is 1.09 bits per heavy atom. The second-order valence-electron chi connectivity index (χ2n) is 10.2. The van der Waals surface area contributed by atoms with Crippen molar-refractivity contribution in [3.63, 3.8) is 0 Å². The third-order valence-electron chi connectivity index (χ3n) is 8.21. The van der Waals surface area contributed by atoms with Crippen LogP contribution < -0.4 is 15.4 Å². The number of carbonyl (C=O) groups is 2. The Bertz CT molecular complexity index is 1050. The smallest absolute Gasteiger partial charge is 0.303 e. The monoisotopic (exact) mass is 464 g/mol. The number of anilines is 2. The summed E-state index contributed by atoms with van der Waals surface area (Å²) in [6.45, 7) is 0.762. The van der Waals surface area contributed by atoms with Gasteiger partial charge in [-0.05, 0) is 86.3 Å². The number of nitrogen functional groups attached to an aromatic ring is 1. The van der Waals surface area contributed by atoms with Gasteiger partial charge in [-0.2, -0.15) is 0 Å². The molecule has 0 unspecified atom stereocenters. The van der Waals surface area contributed by atoms with Gasteiger partial charge in [-0.15, -0.1) is 0 Å². The minimum Gasteiger partial charge on any atom is -0.481 e. The van der Waals surface area contributed by atoms with E-state index in [9.17, 15) is 9.59 Å². The Balaban J connectivity index is 1.22. The lowest BCUT2D eigenvalue weighted by atomic mass is 9.60. The number of nitrogens with two attached hydrogens (primary N) is 1. The molecule has 1 amide bonds. The van der Waals surface area contributed by atoms with Gasteiger partial charge in [-0.3, -0.25) is 9.59 Å². The molecule has 5 rings (SSSR count). The summed E-state index contributed by atoms with van der Waals surface area (Å²) in [5.41, 5.74) is 8.72. The highest BCUT2D eigenvalue weighted by atomic mass is 16.5. The van der Waals surface area contributed by atoms with E-state index in [-0.39, 0.29) is 23.2 Å². The highest BCUT2D eigenvalue weighted by Crippen LogP contribution is 2.52. The minimum atomic E-state index is -0.663. The number of carboxylic acid groups (broad SMARTS) is 1. The van der Waals surface area contributed by atoms with Crippen LogP contribution in [0.2, 0.25) is 0 Å². The fourth-order valence-electron chi connectivity index (χ4n) is 6.14. The molecule has 8 heteroatoms. The topological polar surface area (TPSA) is 119 Å². The first-order valence-electron chi connectivity index (χ1n) is 12.3. The second kappa shape index (κ2) is 9.24. The van der Waals surface area contributed by atoms with E-state index in [2.05, 4.69) is 22.1 Å². The van der Waals surface area contributed by atoms with E-state index >= 15 is 0 Å². The standard InChI is InChI=1S/C26H32N4O4/c27-23-22-24(29-16-28-23)34-14-13-30(25(22)33)20-3-1-18(2-4-20)19-7-11-26(12-8-19)9-5-17(6-10-26)15-21(31)32/h1-4,16-17,19H,5-15H2,(H,31,32)(H2,27,28,29). The van der Waals surface area contributed by atoms with Crippen LogP contribution in [0.25, 0.3) is 0 Å². The average molecular weight is 465 g/mol. The van der Waals surface area contributed by atoms with Crippen molar-refractivity contribution < 1.29 is 19.4 Å². The van der Waals surface area contributed by atoms with Crippen molar-refractivity contribution in [3.8, 4) is 5.88 Å². The predicted octanol–water partition coefficient (Wildman–Crippen LogP) is 4.41. The summed E-state index contributed by atoms with van der Waals surface area (Å²) in [6, 6.07) is 8.32. The molecule has 8 nitrogen and oxygen atoms in total. The molecule has 3 N–H and O–H groups in total. The highest BCUT2D eigenvalue weighted by molar-refractivity contribution is 6.10. The van der Waals surface area contributed by atoms with Crippen molar-refractivity contribution >= 4 is 23.4 Å². The van der Waals surface area contributed by atoms with Crippen LogP contribution in [0.3, 0.4) is 0 Å². The van der Waals surface area contributed by atoms with Crippen molar-refractivity contribution in [1.29, 1.82) is 0 Å². The number of hydrogen-bond donors (Lipinski definition) is 2. The molecule has 34 heavy (non-hydrogen) atoms. The van der Waals surface area contributed by atoms with Crippen LogP contribution in [0.1, 0.15) is 79.6 Å². The van der Waals surface area contributed by atoms with E-state index in [0.717, 1.165) is 18.5 Å². The van der Waals surface area contributed by atoms with Gasteiger partial charge in [-0.1, -0.05) is 12.1 Å². The first-order valence-corrected chi connectivity index (χ1v) is 12.3. The maximum absolute atomic E-state index is 13.2. The number of hydrogen-bond acceptors (Lipinski definition) is 6. The largest absolute Gasteiger partial charge is 0.481 e. The summed E-state index contributed by atoms with van der Waals surface area (Å²) in [5, 5.41) is 9.08. The lowest BCUT2D eigenvalue weighted by Gasteiger charge is -2.45. The van der Waals surface area contributed by atoms with E-state index in [0.29, 0.717) is 36.8 Å². The summed E-state index contributed by atoms with van der Waals surface area (Å²) < 4.78 is 5.63. The van der Waals surface area contributed by atoms with Gasteiger partial charge in [-0.25, -0.2) is 9.97 Å². The number of ether oxygens (including phenoxy) is 1. The van der Waals surface area contributed by atoms with Gasteiger partial charge in [0.15, 0.2) is 0 Å². The van der Waals surface area contributed by atoms with Crippen LogP contribution in [0.15, 0.2) is 30.6 Å². The molecule has 1 aromatic carbocycles. The average Bonchev–Trinajstić information content (AvgIpc) is 3.01. The van der Waals surface area contributed by atoms with Crippen molar-refractivity contribution in [1.82, 2.24) is 9.97 Å². The van der Waals surface area contributed by atoms with E-state index in [1.54, 1.807) is 4.90 Å². The number of nitrogens with zero attached hydrogens (tertiary/aromatic N) is 3. The Morgan fingerprint density at radius 3 is 2.44 bits per heavy atom. The molecule has 1 aromatic heterocycles. The van der Waals surface area contributed by atoms with Crippen molar-refractivity contribution in [3.05, 3.63) is 41.7 Å². The first-order chi connectivity index (χ1) is 16.4. The molecular formula is C26H32N4O4. The molecule has 0 bridgehead atoms. The van der Waals surface area contributed by atoms with Gasteiger partial charge in [0.05, 0.1) is 6.54 Å². The van der Waals surface area contributed by atoms with E-state index in [4.69, 9.17) is 15.6 Å². The molecular weight excluding hydrogens is 432 g/mol. The number of aliphatic carboxylic acids is 1. The van der Waals surface area contributed by atoms with Crippen LogP contribution >= 0.6 is 0 Å². The highest BCUT2D eigenvalue weighted by Gasteiger charge is 2.39. The summed E-state index contributed by atoms with van der Waals surface area (Å²) in [7, 11) is 0. The summed E-state index contributed by atoms with van der Waals surface area (Å²) in [6.07, 6.45) is 10.9. The molecule has 1 aliphatic heterocycles. The van der Waals surface area contributed by atoms with Crippen LogP contribution in [-0.4, -0.2) is 40.1 Å². The molecule has 0 atom stereocenters. The van der Waals surface area contributed by atoms with Crippen molar-refractivity contribution in [2.75, 3.05) is 23.8 Å². The number of amides is 1. The van der Waals surface area contributed by atoms with Gasteiger partial charge >= 0.3 is 5.97 Å². The zero-order valence-corrected chi connectivity index (χ0v) is 19.4. The third kappa shape index (κ3) is 4.45. The zero-order chi connectivity index (χ0) is 23.7. The van der Waals surface area contributed by atoms with E-state index in [1.165, 1.54) is 50.4 Å². The summed E-state index contributed by atoms with van der Waals surface area (Å²) in [5.74, 6) is 0.357. The van der Waals surface area contributed by atoms with Gasteiger partial charge in [0, 0.05) is 12.1 Å². The second-order valence-corrected chi connectivity index (χ2v) is 10.2. The van der Waals surface area contributed by atoms with Crippen LogP contribution in [0.4, 0.5) is 11.5 Å². The molecule has 2 aromatic rings. The minimum absolute atomic E-state index is 0.131. The number of rotatable bonds is 4.